The maximum Gasteiger partial charge on any atom is 0.128 e. The van der Waals surface area contributed by atoms with Gasteiger partial charge in [-0.1, -0.05) is 29.8 Å². The van der Waals surface area contributed by atoms with Gasteiger partial charge in [-0.25, -0.2) is 4.98 Å². The average Bonchev–Trinajstić information content (AvgIpc) is 2.65. The molecule has 4 heteroatoms. The van der Waals surface area contributed by atoms with Crippen molar-refractivity contribution in [1.82, 2.24) is 4.98 Å². The van der Waals surface area contributed by atoms with E-state index in [1.807, 2.05) is 43.2 Å². The van der Waals surface area contributed by atoms with Crippen molar-refractivity contribution >= 4 is 23.7 Å². The molecule has 0 saturated carbocycles. The third-order valence-electron chi connectivity index (χ3n) is 4.06. The van der Waals surface area contributed by atoms with Crippen molar-refractivity contribution in [3.05, 3.63) is 59.8 Å². The minimum Gasteiger partial charge on any atom is -0.492 e. The first-order chi connectivity index (χ1) is 11.8. The van der Waals surface area contributed by atoms with Crippen LogP contribution in [0, 0.1) is 0 Å². The zero-order valence-corrected chi connectivity index (χ0v) is 15.0. The van der Waals surface area contributed by atoms with Crippen LogP contribution in [0.5, 0.6) is 5.75 Å². The Morgan fingerprint density at radius 2 is 2.08 bits per heavy atom. The molecular formula is C20H24N2OS. The van der Waals surface area contributed by atoms with E-state index >= 15 is 0 Å². The molecule has 0 amide bonds. The molecule has 1 aromatic heterocycles. The van der Waals surface area contributed by atoms with Crippen molar-refractivity contribution in [1.29, 1.82) is 0 Å². The number of nitrogens with zero attached hydrogens (tertiary/aromatic N) is 2. The highest BCUT2D eigenvalue weighted by molar-refractivity contribution is 7.99. The number of anilines is 1. The summed E-state index contributed by atoms with van der Waals surface area (Å²) in [6.45, 7) is 1.45. The van der Waals surface area contributed by atoms with Crippen molar-refractivity contribution in [2.24, 2.45) is 0 Å². The lowest BCUT2D eigenvalue weighted by atomic mass is 10.1. The van der Waals surface area contributed by atoms with E-state index in [9.17, 15) is 0 Å². The van der Waals surface area contributed by atoms with Gasteiger partial charge in [0.15, 0.2) is 0 Å². The van der Waals surface area contributed by atoms with Crippen LogP contribution in [0.2, 0.25) is 0 Å². The molecule has 24 heavy (non-hydrogen) atoms. The molecule has 0 N–H and O–H groups in total. The molecule has 3 nitrogen and oxygen atoms in total. The molecule has 0 spiro atoms. The van der Waals surface area contributed by atoms with E-state index in [2.05, 4.69) is 40.2 Å². The fourth-order valence-corrected chi connectivity index (χ4v) is 3.66. The predicted octanol–water partition coefficient (Wildman–Crippen LogP) is 4.51. The molecule has 2 aromatic rings. The van der Waals surface area contributed by atoms with E-state index < -0.39 is 0 Å². The quantitative estimate of drug-likeness (QED) is 0.773. The van der Waals surface area contributed by atoms with Crippen LogP contribution in [0.3, 0.4) is 0 Å². The lowest BCUT2D eigenvalue weighted by Crippen LogP contribution is -2.24. The fraction of sp³-hybridized carbons (Fsp3) is 0.350. The minimum atomic E-state index is 0.643. The summed E-state index contributed by atoms with van der Waals surface area (Å²) in [5.74, 6) is 4.37. The van der Waals surface area contributed by atoms with Crippen LogP contribution >= 0.6 is 11.8 Å². The first kappa shape index (κ1) is 16.9. The van der Waals surface area contributed by atoms with Crippen LogP contribution in [-0.4, -0.2) is 36.7 Å². The normalized spacial score (nSPS) is 16.1. The van der Waals surface area contributed by atoms with E-state index in [-0.39, 0.29) is 0 Å². The Bertz CT molecular complexity index is 647. The summed E-state index contributed by atoms with van der Waals surface area (Å²) < 4.78 is 5.85. The van der Waals surface area contributed by atoms with E-state index in [4.69, 9.17) is 4.74 Å². The topological polar surface area (TPSA) is 25.4 Å². The zero-order chi connectivity index (χ0) is 16.6. The van der Waals surface area contributed by atoms with Gasteiger partial charge >= 0.3 is 0 Å². The number of rotatable bonds is 6. The molecule has 0 bridgehead atoms. The number of hydrogen-bond donors (Lipinski definition) is 0. The van der Waals surface area contributed by atoms with Gasteiger partial charge in [-0.2, -0.15) is 11.8 Å². The molecule has 1 aliphatic heterocycles. The lowest BCUT2D eigenvalue weighted by Gasteiger charge is -2.18. The average molecular weight is 340 g/mol. The monoisotopic (exact) mass is 340 g/mol. The highest BCUT2D eigenvalue weighted by Crippen LogP contribution is 2.24. The van der Waals surface area contributed by atoms with Crippen molar-refractivity contribution in [3.8, 4) is 5.75 Å². The predicted molar refractivity (Wildman–Crippen MR) is 104 cm³/mol. The second-order valence-corrected chi connectivity index (χ2v) is 7.09. The highest BCUT2D eigenvalue weighted by Gasteiger charge is 2.05. The molecule has 1 aliphatic rings. The number of likely N-dealkylation sites (N-methyl/N-ethyl adjacent to an activating group) is 1. The Morgan fingerprint density at radius 3 is 2.79 bits per heavy atom. The fourth-order valence-electron chi connectivity index (χ4n) is 2.68. The Balaban J connectivity index is 1.48. The highest BCUT2D eigenvalue weighted by atomic mass is 32.2. The van der Waals surface area contributed by atoms with Gasteiger partial charge in [0, 0.05) is 19.0 Å². The summed E-state index contributed by atoms with van der Waals surface area (Å²) in [6, 6.07) is 14.3. The van der Waals surface area contributed by atoms with Gasteiger partial charge in [0.1, 0.15) is 18.2 Å². The zero-order valence-electron chi connectivity index (χ0n) is 14.1. The van der Waals surface area contributed by atoms with Gasteiger partial charge in [0.2, 0.25) is 0 Å². The maximum absolute atomic E-state index is 5.85. The van der Waals surface area contributed by atoms with Gasteiger partial charge in [0.05, 0.1) is 6.54 Å². The maximum atomic E-state index is 5.85. The van der Waals surface area contributed by atoms with Crippen molar-refractivity contribution in [3.63, 3.8) is 0 Å². The number of benzene rings is 1. The molecule has 1 fully saturated rings. The second kappa shape index (κ2) is 8.78. The summed E-state index contributed by atoms with van der Waals surface area (Å²) in [4.78, 5) is 6.43. The molecule has 0 unspecified atom stereocenters. The second-order valence-electron chi connectivity index (χ2n) is 5.99. The molecule has 0 aliphatic carbocycles. The van der Waals surface area contributed by atoms with Gasteiger partial charge in [-0.3, -0.25) is 0 Å². The first-order valence-electron chi connectivity index (χ1n) is 8.43. The van der Waals surface area contributed by atoms with Crippen LogP contribution in [-0.2, 0) is 0 Å². The van der Waals surface area contributed by atoms with Crippen LogP contribution < -0.4 is 9.64 Å². The molecule has 2 heterocycles. The Hall–Kier alpha value is -1.94. The van der Waals surface area contributed by atoms with Crippen LogP contribution in [0.15, 0.2) is 54.2 Å². The standard InChI is InChI=1S/C20H24N2OS/c1-22(20-6-2-3-11-21-20)12-13-23-19-9-7-17(8-10-19)15-18-5-4-14-24-16-18/h2-3,6-11,15H,4-5,12-14,16H2,1H3. The molecule has 126 valence electrons. The molecule has 1 aromatic carbocycles. The third-order valence-corrected chi connectivity index (χ3v) is 5.21. The van der Waals surface area contributed by atoms with E-state index in [1.165, 1.54) is 29.9 Å². The van der Waals surface area contributed by atoms with E-state index in [1.54, 1.807) is 5.57 Å². The van der Waals surface area contributed by atoms with E-state index in [0.29, 0.717) is 6.61 Å². The van der Waals surface area contributed by atoms with Gasteiger partial charge in [0.25, 0.3) is 0 Å². The Morgan fingerprint density at radius 1 is 1.21 bits per heavy atom. The summed E-state index contributed by atoms with van der Waals surface area (Å²) in [7, 11) is 2.03. The molecule has 3 rings (SSSR count). The van der Waals surface area contributed by atoms with E-state index in [0.717, 1.165) is 18.1 Å². The Kier molecular flexibility index (Phi) is 6.19. The third kappa shape index (κ3) is 5.03. The number of aromatic nitrogens is 1. The molecule has 0 radical (unpaired) electrons. The van der Waals surface area contributed by atoms with Crippen molar-refractivity contribution in [2.45, 2.75) is 12.8 Å². The van der Waals surface area contributed by atoms with Crippen molar-refractivity contribution in [2.75, 3.05) is 36.6 Å². The van der Waals surface area contributed by atoms with Crippen LogP contribution in [0.1, 0.15) is 18.4 Å². The minimum absolute atomic E-state index is 0.643. The molecule has 1 saturated heterocycles. The smallest absolute Gasteiger partial charge is 0.128 e. The summed E-state index contributed by atoms with van der Waals surface area (Å²) in [5, 5.41) is 0. The SMILES string of the molecule is CN(CCOc1ccc(C=C2CCCSC2)cc1)c1ccccn1. The first-order valence-corrected chi connectivity index (χ1v) is 9.59. The van der Waals surface area contributed by atoms with Gasteiger partial charge in [-0.15, -0.1) is 0 Å². The summed E-state index contributed by atoms with van der Waals surface area (Å²) in [5.41, 5.74) is 2.82. The molecule has 0 atom stereocenters. The lowest BCUT2D eigenvalue weighted by molar-refractivity contribution is 0.325. The van der Waals surface area contributed by atoms with Crippen LogP contribution in [0.4, 0.5) is 5.82 Å². The summed E-state index contributed by atoms with van der Waals surface area (Å²) in [6.07, 6.45) is 6.68. The molecular weight excluding hydrogens is 316 g/mol. The van der Waals surface area contributed by atoms with Crippen LogP contribution in [0.25, 0.3) is 6.08 Å². The largest absolute Gasteiger partial charge is 0.492 e. The van der Waals surface area contributed by atoms with Crippen molar-refractivity contribution < 1.29 is 4.74 Å². The summed E-state index contributed by atoms with van der Waals surface area (Å²) >= 11 is 2.03. The van der Waals surface area contributed by atoms with Gasteiger partial charge in [-0.05, 0) is 48.4 Å². The number of ether oxygens (including phenoxy) is 1. The Labute approximate surface area is 148 Å². The number of pyridine rings is 1. The van der Waals surface area contributed by atoms with Gasteiger partial charge < -0.3 is 9.64 Å². The number of thioether (sulfide) groups is 1. The number of hydrogen-bond acceptors (Lipinski definition) is 4.